The van der Waals surface area contributed by atoms with E-state index >= 15 is 0 Å². The number of aliphatic hydroxyl groups is 1. The van der Waals surface area contributed by atoms with E-state index in [9.17, 15) is 5.11 Å². The molecule has 0 saturated heterocycles. The first-order valence-corrected chi connectivity index (χ1v) is 5.47. The number of aryl methyl sites for hydroxylation is 1. The first kappa shape index (κ1) is 12.3. The average molecular weight is 211 g/mol. The van der Waals surface area contributed by atoms with Gasteiger partial charge in [0.15, 0.2) is 0 Å². The van der Waals surface area contributed by atoms with Crippen LogP contribution in [0.2, 0.25) is 0 Å². The molecule has 1 aromatic rings. The molecule has 0 saturated carbocycles. The van der Waals surface area contributed by atoms with Crippen LogP contribution in [0.1, 0.15) is 38.1 Å². The first-order chi connectivity index (χ1) is 7.02. The van der Waals surface area contributed by atoms with E-state index in [1.807, 2.05) is 33.8 Å². The van der Waals surface area contributed by atoms with Gasteiger partial charge in [0.2, 0.25) is 0 Å². The van der Waals surface area contributed by atoms with Gasteiger partial charge in [-0.05, 0) is 31.4 Å². The Morgan fingerprint density at radius 3 is 2.53 bits per heavy atom. The summed E-state index contributed by atoms with van der Waals surface area (Å²) in [6, 6.07) is 2.10. The summed E-state index contributed by atoms with van der Waals surface area (Å²) < 4.78 is 5.37. The standard InChI is InChI=1S/C12H21NO2/c1-8(2)11(14)7-13-10(4)12-9(3)5-6-15-12/h5-6,8,10-11,13-14H,7H2,1-4H3. The zero-order valence-corrected chi connectivity index (χ0v) is 9.95. The molecule has 0 aliphatic rings. The van der Waals surface area contributed by atoms with Crippen LogP contribution >= 0.6 is 0 Å². The predicted octanol–water partition coefficient (Wildman–Crippen LogP) is 2.26. The maximum atomic E-state index is 9.65. The largest absolute Gasteiger partial charge is 0.467 e. The summed E-state index contributed by atoms with van der Waals surface area (Å²) in [7, 11) is 0. The van der Waals surface area contributed by atoms with Crippen LogP contribution in [0.4, 0.5) is 0 Å². The van der Waals surface area contributed by atoms with Crippen molar-refractivity contribution in [2.45, 2.75) is 39.8 Å². The molecule has 3 nitrogen and oxygen atoms in total. The number of rotatable bonds is 5. The van der Waals surface area contributed by atoms with Crippen LogP contribution in [0, 0.1) is 12.8 Å². The molecule has 15 heavy (non-hydrogen) atoms. The van der Waals surface area contributed by atoms with Crippen molar-refractivity contribution in [3.63, 3.8) is 0 Å². The molecule has 86 valence electrons. The lowest BCUT2D eigenvalue weighted by molar-refractivity contribution is 0.119. The minimum Gasteiger partial charge on any atom is -0.467 e. The molecule has 2 N–H and O–H groups in total. The third-order valence-corrected chi connectivity index (χ3v) is 2.70. The lowest BCUT2D eigenvalue weighted by atomic mass is 10.1. The molecule has 0 aliphatic heterocycles. The fraction of sp³-hybridized carbons (Fsp3) is 0.667. The van der Waals surface area contributed by atoms with Crippen LogP contribution in [-0.4, -0.2) is 17.8 Å². The van der Waals surface area contributed by atoms with Gasteiger partial charge >= 0.3 is 0 Å². The van der Waals surface area contributed by atoms with Gasteiger partial charge in [0.25, 0.3) is 0 Å². The van der Waals surface area contributed by atoms with E-state index in [1.54, 1.807) is 6.26 Å². The van der Waals surface area contributed by atoms with Crippen LogP contribution < -0.4 is 5.32 Å². The van der Waals surface area contributed by atoms with Gasteiger partial charge in [-0.3, -0.25) is 0 Å². The van der Waals surface area contributed by atoms with Gasteiger partial charge in [0, 0.05) is 6.54 Å². The summed E-state index contributed by atoms with van der Waals surface area (Å²) in [4.78, 5) is 0. The molecule has 1 aromatic heterocycles. The van der Waals surface area contributed by atoms with E-state index < -0.39 is 0 Å². The molecule has 0 amide bonds. The number of nitrogens with one attached hydrogen (secondary N) is 1. The minimum atomic E-state index is -0.303. The van der Waals surface area contributed by atoms with Gasteiger partial charge in [-0.25, -0.2) is 0 Å². The Bertz CT molecular complexity index is 294. The second-order valence-corrected chi connectivity index (χ2v) is 4.41. The maximum absolute atomic E-state index is 9.65. The smallest absolute Gasteiger partial charge is 0.123 e. The summed E-state index contributed by atoms with van der Waals surface area (Å²) in [5.74, 6) is 1.23. The Labute approximate surface area is 91.5 Å². The van der Waals surface area contributed by atoms with Crippen LogP contribution in [0.5, 0.6) is 0 Å². The minimum absolute atomic E-state index is 0.147. The van der Waals surface area contributed by atoms with Crippen LogP contribution in [0.15, 0.2) is 16.7 Å². The maximum Gasteiger partial charge on any atom is 0.123 e. The highest BCUT2D eigenvalue weighted by atomic mass is 16.3. The Balaban J connectivity index is 2.43. The summed E-state index contributed by atoms with van der Waals surface area (Å²) in [5.41, 5.74) is 1.15. The summed E-state index contributed by atoms with van der Waals surface area (Å²) >= 11 is 0. The van der Waals surface area contributed by atoms with Crippen molar-refractivity contribution in [3.8, 4) is 0 Å². The van der Waals surface area contributed by atoms with E-state index in [4.69, 9.17) is 4.42 Å². The van der Waals surface area contributed by atoms with E-state index in [0.29, 0.717) is 6.54 Å². The van der Waals surface area contributed by atoms with Crippen molar-refractivity contribution in [1.82, 2.24) is 5.32 Å². The molecule has 3 heteroatoms. The third-order valence-electron chi connectivity index (χ3n) is 2.70. The Hall–Kier alpha value is -0.800. The van der Waals surface area contributed by atoms with Crippen molar-refractivity contribution in [2.24, 2.45) is 5.92 Å². The summed E-state index contributed by atoms with van der Waals surface area (Å²) in [6.07, 6.45) is 1.39. The quantitative estimate of drug-likeness (QED) is 0.785. The van der Waals surface area contributed by atoms with Gasteiger partial charge in [0.1, 0.15) is 5.76 Å². The van der Waals surface area contributed by atoms with Crippen LogP contribution in [0.25, 0.3) is 0 Å². The first-order valence-electron chi connectivity index (χ1n) is 5.47. The Kier molecular flexibility index (Phi) is 4.36. The van der Waals surface area contributed by atoms with Gasteiger partial charge in [0.05, 0.1) is 18.4 Å². The molecule has 0 bridgehead atoms. The molecule has 0 spiro atoms. The molecular formula is C12H21NO2. The average Bonchev–Trinajstić information content (AvgIpc) is 2.60. The van der Waals surface area contributed by atoms with Crippen LogP contribution in [-0.2, 0) is 0 Å². The van der Waals surface area contributed by atoms with E-state index in [2.05, 4.69) is 5.32 Å². The van der Waals surface area contributed by atoms with Crippen molar-refractivity contribution in [2.75, 3.05) is 6.54 Å². The molecule has 2 unspecified atom stereocenters. The van der Waals surface area contributed by atoms with Crippen molar-refractivity contribution in [1.29, 1.82) is 0 Å². The molecule has 2 atom stereocenters. The Morgan fingerprint density at radius 2 is 2.07 bits per heavy atom. The molecule has 0 fully saturated rings. The highest BCUT2D eigenvalue weighted by Gasteiger charge is 2.14. The molecule has 0 radical (unpaired) electrons. The van der Waals surface area contributed by atoms with E-state index in [-0.39, 0.29) is 18.1 Å². The Morgan fingerprint density at radius 1 is 1.40 bits per heavy atom. The lowest BCUT2D eigenvalue weighted by Gasteiger charge is -2.18. The predicted molar refractivity (Wildman–Crippen MR) is 60.7 cm³/mol. The fourth-order valence-corrected chi connectivity index (χ4v) is 1.45. The van der Waals surface area contributed by atoms with Crippen molar-refractivity contribution < 1.29 is 9.52 Å². The van der Waals surface area contributed by atoms with Gasteiger partial charge in [-0.2, -0.15) is 0 Å². The lowest BCUT2D eigenvalue weighted by Crippen LogP contribution is -2.32. The number of hydrogen-bond acceptors (Lipinski definition) is 3. The summed E-state index contributed by atoms with van der Waals surface area (Å²) in [5, 5.41) is 12.9. The second kappa shape index (κ2) is 5.33. The zero-order valence-electron chi connectivity index (χ0n) is 9.95. The second-order valence-electron chi connectivity index (χ2n) is 4.41. The molecular weight excluding hydrogens is 190 g/mol. The molecule has 1 heterocycles. The fourth-order valence-electron chi connectivity index (χ4n) is 1.45. The monoisotopic (exact) mass is 211 g/mol. The molecule has 1 rings (SSSR count). The summed E-state index contributed by atoms with van der Waals surface area (Å²) in [6.45, 7) is 8.68. The highest BCUT2D eigenvalue weighted by Crippen LogP contribution is 2.18. The van der Waals surface area contributed by atoms with Gasteiger partial charge in [-0.15, -0.1) is 0 Å². The van der Waals surface area contributed by atoms with Crippen molar-refractivity contribution >= 4 is 0 Å². The van der Waals surface area contributed by atoms with Gasteiger partial charge in [-0.1, -0.05) is 13.8 Å². The zero-order chi connectivity index (χ0) is 11.4. The number of aliphatic hydroxyl groups excluding tert-OH is 1. The van der Waals surface area contributed by atoms with Gasteiger partial charge < -0.3 is 14.8 Å². The molecule has 0 aromatic carbocycles. The van der Waals surface area contributed by atoms with E-state index in [1.165, 1.54) is 0 Å². The number of hydrogen-bond donors (Lipinski definition) is 2. The van der Waals surface area contributed by atoms with E-state index in [0.717, 1.165) is 11.3 Å². The van der Waals surface area contributed by atoms with Crippen LogP contribution in [0.3, 0.4) is 0 Å². The normalized spacial score (nSPS) is 15.6. The highest BCUT2D eigenvalue weighted by molar-refractivity contribution is 5.17. The third kappa shape index (κ3) is 3.36. The number of furan rings is 1. The SMILES string of the molecule is Cc1ccoc1C(C)NCC(O)C(C)C. The molecule has 0 aliphatic carbocycles. The topological polar surface area (TPSA) is 45.4 Å². The van der Waals surface area contributed by atoms with Crippen molar-refractivity contribution in [3.05, 3.63) is 23.7 Å².